The van der Waals surface area contributed by atoms with E-state index in [-0.39, 0.29) is 23.3 Å². The molecule has 0 fully saturated rings. The van der Waals surface area contributed by atoms with E-state index in [0.29, 0.717) is 12.2 Å². The van der Waals surface area contributed by atoms with Crippen LogP contribution in [-0.2, 0) is 19.1 Å². The summed E-state index contributed by atoms with van der Waals surface area (Å²) in [5.41, 5.74) is -0.206. The molecule has 0 unspecified atom stereocenters. The van der Waals surface area contributed by atoms with Gasteiger partial charge in [-0.15, -0.1) is 0 Å². The highest BCUT2D eigenvalue weighted by Gasteiger charge is 2.32. The molecule has 0 saturated carbocycles. The van der Waals surface area contributed by atoms with Crippen LogP contribution in [0.25, 0.3) is 0 Å². The topological polar surface area (TPSA) is 122 Å². The third-order valence-electron chi connectivity index (χ3n) is 5.10. The Morgan fingerprint density at radius 2 is 1.74 bits per heavy atom. The Balaban J connectivity index is 2.13. The number of ether oxygens (including phenoxy) is 5. The number of hydrogen-bond acceptors (Lipinski definition) is 9. The minimum atomic E-state index is -1.04. The van der Waals surface area contributed by atoms with Gasteiger partial charge < -0.3 is 29.0 Å². The van der Waals surface area contributed by atoms with Gasteiger partial charge in [0.15, 0.2) is 17.5 Å². The van der Waals surface area contributed by atoms with E-state index in [4.69, 9.17) is 23.7 Å². The average Bonchev–Trinajstić information content (AvgIpc) is 2.84. The summed E-state index contributed by atoms with van der Waals surface area (Å²) in [7, 11) is 2.93. The lowest BCUT2D eigenvalue weighted by Crippen LogP contribution is -2.47. The number of amides is 1. The van der Waals surface area contributed by atoms with Crippen molar-refractivity contribution in [3.05, 3.63) is 48.3 Å². The fourth-order valence-electron chi connectivity index (χ4n) is 3.33. The van der Waals surface area contributed by atoms with E-state index in [0.717, 1.165) is 0 Å². The van der Waals surface area contributed by atoms with E-state index < -0.39 is 36.1 Å². The molecule has 0 aliphatic rings. The number of benzene rings is 1. The van der Waals surface area contributed by atoms with Crippen LogP contribution >= 0.6 is 0 Å². The monoisotopic (exact) mass is 488 g/mol. The van der Waals surface area contributed by atoms with E-state index in [2.05, 4.69) is 10.3 Å². The summed E-state index contributed by atoms with van der Waals surface area (Å²) in [6.45, 7) is 6.30. The summed E-state index contributed by atoms with van der Waals surface area (Å²) < 4.78 is 27.5. The van der Waals surface area contributed by atoms with Crippen molar-refractivity contribution >= 4 is 17.8 Å². The van der Waals surface area contributed by atoms with Gasteiger partial charge in [0.25, 0.3) is 5.91 Å². The van der Waals surface area contributed by atoms with Crippen molar-refractivity contribution in [3.8, 4) is 17.2 Å². The van der Waals surface area contributed by atoms with Gasteiger partial charge in [0, 0.05) is 26.3 Å². The third kappa shape index (κ3) is 7.68. The number of esters is 2. The van der Waals surface area contributed by atoms with Gasteiger partial charge in [0.2, 0.25) is 5.75 Å². The summed E-state index contributed by atoms with van der Waals surface area (Å²) >= 11 is 0. The Bertz CT molecular complexity index is 994. The van der Waals surface area contributed by atoms with Gasteiger partial charge in [-0.1, -0.05) is 25.1 Å². The molecule has 1 aromatic carbocycles. The zero-order chi connectivity index (χ0) is 26.0. The second-order valence-electron chi connectivity index (χ2n) is 7.70. The number of nitrogens with zero attached hydrogens (tertiary/aromatic N) is 1. The lowest BCUT2D eigenvalue weighted by molar-refractivity contribution is -0.159. The normalized spacial score (nSPS) is 14.1. The number of para-hydroxylation sites is 1. The van der Waals surface area contributed by atoms with Gasteiger partial charge in [-0.25, -0.2) is 9.78 Å². The second-order valence-corrected chi connectivity index (χ2v) is 7.70. The molecular weight excluding hydrogens is 456 g/mol. The van der Waals surface area contributed by atoms with Crippen molar-refractivity contribution < 1.29 is 38.1 Å². The van der Waals surface area contributed by atoms with Gasteiger partial charge in [-0.3, -0.25) is 9.59 Å². The van der Waals surface area contributed by atoms with Crippen molar-refractivity contribution in [3.63, 3.8) is 0 Å². The molecule has 190 valence electrons. The molecule has 2 aromatic rings. The first kappa shape index (κ1) is 27.6. The standard InChI is InChI=1S/C25H32N2O8/c1-7-19(31-5)22(35-18-11-9-8-10-12-18)16(3)33-25(30)15(2)27-24(29)21-23(34-17(4)28)20(32-6)13-14-26-21/h8-16,19,22H,7H2,1-6H3,(H,27,29)/t15-,16-,19-,22-/m0/s1. The van der Waals surface area contributed by atoms with Crippen LogP contribution in [-0.4, -0.2) is 61.4 Å². The maximum Gasteiger partial charge on any atom is 0.328 e. The first-order valence-corrected chi connectivity index (χ1v) is 11.2. The molecule has 4 atom stereocenters. The number of rotatable bonds is 12. The molecule has 0 saturated heterocycles. The van der Waals surface area contributed by atoms with Crippen molar-refractivity contribution in [2.75, 3.05) is 14.2 Å². The zero-order valence-corrected chi connectivity index (χ0v) is 20.8. The van der Waals surface area contributed by atoms with E-state index in [1.165, 1.54) is 33.2 Å². The molecule has 10 heteroatoms. The molecule has 0 spiro atoms. The minimum Gasteiger partial charge on any atom is -0.493 e. The molecule has 1 aromatic heterocycles. The summed E-state index contributed by atoms with van der Waals surface area (Å²) in [6.07, 6.45) is 0.332. The van der Waals surface area contributed by atoms with Gasteiger partial charge in [-0.05, 0) is 32.4 Å². The summed E-state index contributed by atoms with van der Waals surface area (Å²) in [4.78, 5) is 41.1. The first-order chi connectivity index (χ1) is 16.7. The van der Waals surface area contributed by atoms with Gasteiger partial charge in [-0.2, -0.15) is 0 Å². The molecule has 1 N–H and O–H groups in total. The third-order valence-corrected chi connectivity index (χ3v) is 5.10. The summed E-state index contributed by atoms with van der Waals surface area (Å²) in [6, 6.07) is 9.55. The molecule has 2 rings (SSSR count). The van der Waals surface area contributed by atoms with Crippen LogP contribution in [0.4, 0.5) is 0 Å². The summed E-state index contributed by atoms with van der Waals surface area (Å²) in [5, 5.41) is 2.52. The molecule has 0 radical (unpaired) electrons. The highest BCUT2D eigenvalue weighted by Crippen LogP contribution is 2.29. The highest BCUT2D eigenvalue weighted by atomic mass is 16.6. The molecule has 1 amide bonds. The number of nitrogens with one attached hydrogen (secondary N) is 1. The van der Waals surface area contributed by atoms with Crippen LogP contribution in [0.2, 0.25) is 0 Å². The Morgan fingerprint density at radius 1 is 1.06 bits per heavy atom. The van der Waals surface area contributed by atoms with E-state index in [9.17, 15) is 14.4 Å². The Morgan fingerprint density at radius 3 is 2.31 bits per heavy atom. The van der Waals surface area contributed by atoms with Crippen molar-refractivity contribution in [1.29, 1.82) is 0 Å². The van der Waals surface area contributed by atoms with Crippen LogP contribution in [0.15, 0.2) is 42.6 Å². The van der Waals surface area contributed by atoms with Crippen LogP contribution in [0, 0.1) is 0 Å². The highest BCUT2D eigenvalue weighted by molar-refractivity contribution is 5.98. The maximum absolute atomic E-state index is 12.8. The molecule has 0 aliphatic carbocycles. The van der Waals surface area contributed by atoms with Crippen molar-refractivity contribution in [1.82, 2.24) is 10.3 Å². The average molecular weight is 489 g/mol. The number of carbonyl (C=O) groups excluding carboxylic acids is 3. The van der Waals surface area contributed by atoms with Gasteiger partial charge >= 0.3 is 11.9 Å². The largest absolute Gasteiger partial charge is 0.493 e. The number of carbonyl (C=O) groups is 3. The Kier molecular flexibility index (Phi) is 10.5. The first-order valence-electron chi connectivity index (χ1n) is 11.2. The lowest BCUT2D eigenvalue weighted by atomic mass is 10.1. The maximum atomic E-state index is 12.8. The molecule has 0 bridgehead atoms. The van der Waals surface area contributed by atoms with E-state index in [1.807, 2.05) is 25.1 Å². The van der Waals surface area contributed by atoms with Crippen molar-refractivity contribution in [2.45, 2.75) is 58.5 Å². The SMILES string of the molecule is CC[C@H](OC)[C@@H](Oc1ccccc1)[C@H](C)OC(=O)[C@H](C)NC(=O)c1nccc(OC)c1OC(C)=O. The van der Waals surface area contributed by atoms with Gasteiger partial charge in [0.05, 0.1) is 13.2 Å². The van der Waals surface area contributed by atoms with Crippen molar-refractivity contribution in [2.24, 2.45) is 0 Å². The van der Waals surface area contributed by atoms with E-state index >= 15 is 0 Å². The smallest absolute Gasteiger partial charge is 0.328 e. The molecule has 35 heavy (non-hydrogen) atoms. The fraction of sp³-hybridized carbons (Fsp3) is 0.440. The van der Waals surface area contributed by atoms with Gasteiger partial charge in [0.1, 0.15) is 17.9 Å². The van der Waals surface area contributed by atoms with Crippen LogP contribution < -0.4 is 19.5 Å². The second kappa shape index (κ2) is 13.3. The van der Waals surface area contributed by atoms with Crippen LogP contribution in [0.1, 0.15) is 44.6 Å². The van der Waals surface area contributed by atoms with Crippen LogP contribution in [0.3, 0.4) is 0 Å². The number of hydrogen-bond donors (Lipinski definition) is 1. The summed E-state index contributed by atoms with van der Waals surface area (Å²) in [5.74, 6) is -1.46. The molecule has 0 aliphatic heterocycles. The molecule has 10 nitrogen and oxygen atoms in total. The predicted octanol–water partition coefficient (Wildman–Crippen LogP) is 2.94. The zero-order valence-electron chi connectivity index (χ0n) is 20.8. The van der Waals surface area contributed by atoms with E-state index in [1.54, 1.807) is 26.2 Å². The number of pyridine rings is 1. The Labute approximate surface area is 204 Å². The lowest BCUT2D eigenvalue weighted by Gasteiger charge is -2.31. The number of methoxy groups -OCH3 is 2. The van der Waals surface area contributed by atoms with Crippen LogP contribution in [0.5, 0.6) is 17.2 Å². The Hall–Kier alpha value is -3.66. The molecule has 1 heterocycles. The molecular formula is C25H32N2O8. The fourth-order valence-corrected chi connectivity index (χ4v) is 3.33. The minimum absolute atomic E-state index is 0.142. The number of aromatic nitrogens is 1. The quantitative estimate of drug-likeness (QED) is 0.449. The predicted molar refractivity (Wildman–Crippen MR) is 127 cm³/mol.